The molecular formula is C14H19N3O2S. The van der Waals surface area contributed by atoms with Gasteiger partial charge in [0.2, 0.25) is 5.91 Å². The molecule has 1 saturated carbocycles. The molecule has 0 aromatic heterocycles. The van der Waals surface area contributed by atoms with E-state index in [4.69, 9.17) is 28.5 Å². The van der Waals surface area contributed by atoms with E-state index in [9.17, 15) is 4.79 Å². The summed E-state index contributed by atoms with van der Waals surface area (Å²) in [7, 11) is 0. The Balaban J connectivity index is 2.00. The van der Waals surface area contributed by atoms with Gasteiger partial charge in [-0.15, -0.1) is 0 Å². The van der Waals surface area contributed by atoms with Crippen molar-refractivity contribution in [2.75, 3.05) is 0 Å². The third-order valence-electron chi connectivity index (χ3n) is 3.87. The molecule has 6 heteroatoms. The van der Waals surface area contributed by atoms with Gasteiger partial charge in [-0.05, 0) is 37.8 Å². The molecule has 1 aliphatic rings. The number of hydrogen-bond donors (Lipinski definition) is 3. The third kappa shape index (κ3) is 2.91. The molecule has 1 aliphatic carbocycles. The van der Waals surface area contributed by atoms with Gasteiger partial charge >= 0.3 is 0 Å². The Morgan fingerprint density at radius 3 is 2.40 bits per heavy atom. The highest BCUT2D eigenvalue weighted by atomic mass is 32.1. The van der Waals surface area contributed by atoms with Gasteiger partial charge in [0.25, 0.3) is 0 Å². The standard InChI is InChI=1S/C14H19N3O2S/c15-12(20)14(13(18)17-16)8-6-11(7-9-14)19-10-4-2-1-3-5-10/h1-5,11H,6-9,16H2,(H2,15,20)(H,17,18). The first kappa shape index (κ1) is 14.7. The number of carbonyl (C=O) groups is 1. The van der Waals surface area contributed by atoms with E-state index in [1.807, 2.05) is 30.3 Å². The van der Waals surface area contributed by atoms with Gasteiger partial charge in [0.05, 0.1) is 11.1 Å². The molecule has 1 fully saturated rings. The summed E-state index contributed by atoms with van der Waals surface area (Å²) in [6, 6.07) is 9.64. The number of amides is 1. The van der Waals surface area contributed by atoms with Crippen molar-refractivity contribution in [3.8, 4) is 5.75 Å². The van der Waals surface area contributed by atoms with Crippen molar-refractivity contribution in [3.63, 3.8) is 0 Å². The number of benzene rings is 1. The average molecular weight is 293 g/mol. The second-order valence-electron chi connectivity index (χ2n) is 5.05. The van der Waals surface area contributed by atoms with Crippen LogP contribution >= 0.6 is 12.2 Å². The smallest absolute Gasteiger partial charge is 0.246 e. The molecule has 0 unspecified atom stereocenters. The number of hydrazine groups is 1. The zero-order chi connectivity index (χ0) is 14.6. The number of ether oxygens (including phenoxy) is 1. The van der Waals surface area contributed by atoms with Gasteiger partial charge in [0.1, 0.15) is 11.2 Å². The molecule has 1 aromatic carbocycles. The van der Waals surface area contributed by atoms with Crippen LogP contribution in [0.1, 0.15) is 25.7 Å². The van der Waals surface area contributed by atoms with Crippen LogP contribution in [0.3, 0.4) is 0 Å². The summed E-state index contributed by atoms with van der Waals surface area (Å²) in [6.45, 7) is 0. The highest BCUT2D eigenvalue weighted by Gasteiger charge is 2.44. The van der Waals surface area contributed by atoms with Crippen LogP contribution in [0, 0.1) is 5.41 Å². The topological polar surface area (TPSA) is 90.4 Å². The summed E-state index contributed by atoms with van der Waals surface area (Å²) in [5.41, 5.74) is 7.09. The molecule has 20 heavy (non-hydrogen) atoms. The number of carbonyl (C=O) groups excluding carboxylic acids is 1. The number of thiocarbonyl (C=S) groups is 1. The summed E-state index contributed by atoms with van der Waals surface area (Å²) in [5.74, 6) is 5.77. The Morgan fingerprint density at radius 1 is 1.30 bits per heavy atom. The quantitative estimate of drug-likeness (QED) is 0.337. The molecule has 0 radical (unpaired) electrons. The molecular weight excluding hydrogens is 274 g/mol. The Morgan fingerprint density at radius 2 is 1.90 bits per heavy atom. The van der Waals surface area contributed by atoms with Crippen molar-refractivity contribution >= 4 is 23.1 Å². The van der Waals surface area contributed by atoms with Gasteiger partial charge in [0.15, 0.2) is 0 Å². The number of para-hydroxylation sites is 1. The largest absolute Gasteiger partial charge is 0.490 e. The van der Waals surface area contributed by atoms with Crippen molar-refractivity contribution in [1.29, 1.82) is 0 Å². The van der Waals surface area contributed by atoms with E-state index >= 15 is 0 Å². The first-order valence-corrected chi connectivity index (χ1v) is 7.02. The molecule has 2 rings (SSSR count). The van der Waals surface area contributed by atoms with E-state index in [1.54, 1.807) is 0 Å². The first-order valence-electron chi connectivity index (χ1n) is 6.61. The summed E-state index contributed by atoms with van der Waals surface area (Å²) < 4.78 is 5.89. The van der Waals surface area contributed by atoms with Gasteiger partial charge in [-0.25, -0.2) is 5.84 Å². The predicted molar refractivity (Wildman–Crippen MR) is 80.9 cm³/mol. The fourth-order valence-corrected chi connectivity index (χ4v) is 2.91. The molecule has 1 aromatic rings. The molecule has 0 spiro atoms. The van der Waals surface area contributed by atoms with E-state index in [2.05, 4.69) is 5.43 Å². The number of nitrogens with one attached hydrogen (secondary N) is 1. The van der Waals surface area contributed by atoms with E-state index in [0.29, 0.717) is 12.8 Å². The van der Waals surface area contributed by atoms with Crippen molar-refractivity contribution in [2.24, 2.45) is 17.0 Å². The second-order valence-corrected chi connectivity index (χ2v) is 5.49. The van der Waals surface area contributed by atoms with E-state index in [0.717, 1.165) is 18.6 Å². The normalized spacial score (nSPS) is 25.8. The van der Waals surface area contributed by atoms with Gasteiger partial charge < -0.3 is 10.5 Å². The molecule has 0 aliphatic heterocycles. The fraction of sp³-hybridized carbons (Fsp3) is 0.429. The number of hydrogen-bond acceptors (Lipinski definition) is 4. The highest BCUT2D eigenvalue weighted by Crippen LogP contribution is 2.38. The lowest BCUT2D eigenvalue weighted by atomic mass is 9.72. The Hall–Kier alpha value is -1.66. The molecule has 0 bridgehead atoms. The van der Waals surface area contributed by atoms with Crippen molar-refractivity contribution in [3.05, 3.63) is 30.3 Å². The van der Waals surface area contributed by atoms with Crippen molar-refractivity contribution < 1.29 is 9.53 Å². The van der Waals surface area contributed by atoms with Gasteiger partial charge in [-0.1, -0.05) is 30.4 Å². The van der Waals surface area contributed by atoms with Crippen LogP contribution in [-0.2, 0) is 4.79 Å². The molecule has 0 atom stereocenters. The zero-order valence-electron chi connectivity index (χ0n) is 11.2. The lowest BCUT2D eigenvalue weighted by Crippen LogP contribution is -2.53. The Kier molecular flexibility index (Phi) is 4.57. The fourth-order valence-electron chi connectivity index (χ4n) is 2.62. The summed E-state index contributed by atoms with van der Waals surface area (Å²) in [6.07, 6.45) is 2.64. The van der Waals surface area contributed by atoms with Crippen LogP contribution in [0.15, 0.2) is 30.3 Å². The monoisotopic (exact) mass is 293 g/mol. The number of rotatable bonds is 4. The highest BCUT2D eigenvalue weighted by molar-refractivity contribution is 7.80. The molecule has 1 amide bonds. The minimum atomic E-state index is -0.833. The van der Waals surface area contributed by atoms with Crippen LogP contribution in [0.4, 0.5) is 0 Å². The van der Waals surface area contributed by atoms with Crippen LogP contribution in [-0.4, -0.2) is 17.0 Å². The van der Waals surface area contributed by atoms with Crippen LogP contribution < -0.4 is 21.7 Å². The minimum Gasteiger partial charge on any atom is -0.490 e. The Labute approximate surface area is 123 Å². The van der Waals surface area contributed by atoms with Crippen LogP contribution in [0.2, 0.25) is 0 Å². The summed E-state index contributed by atoms with van der Waals surface area (Å²) in [4.78, 5) is 12.2. The molecule has 0 saturated heterocycles. The van der Waals surface area contributed by atoms with Gasteiger partial charge in [0, 0.05) is 0 Å². The summed E-state index contributed by atoms with van der Waals surface area (Å²) in [5, 5.41) is 0. The first-order chi connectivity index (χ1) is 9.58. The third-order valence-corrected chi connectivity index (χ3v) is 4.26. The van der Waals surface area contributed by atoms with Crippen LogP contribution in [0.5, 0.6) is 5.75 Å². The predicted octanol–water partition coefficient (Wildman–Crippen LogP) is 1.27. The average Bonchev–Trinajstić information content (AvgIpc) is 2.48. The lowest BCUT2D eigenvalue weighted by Gasteiger charge is -2.37. The molecule has 108 valence electrons. The molecule has 0 heterocycles. The van der Waals surface area contributed by atoms with Crippen molar-refractivity contribution in [1.82, 2.24) is 5.43 Å². The SMILES string of the molecule is NNC(=O)C1(C(N)=S)CCC(Oc2ccccc2)CC1. The van der Waals surface area contributed by atoms with Crippen molar-refractivity contribution in [2.45, 2.75) is 31.8 Å². The van der Waals surface area contributed by atoms with Crippen LogP contribution in [0.25, 0.3) is 0 Å². The maximum absolute atomic E-state index is 12.0. The second kappa shape index (κ2) is 6.19. The van der Waals surface area contributed by atoms with E-state index in [1.165, 1.54) is 0 Å². The van der Waals surface area contributed by atoms with Gasteiger partial charge in [-0.3, -0.25) is 10.2 Å². The summed E-state index contributed by atoms with van der Waals surface area (Å²) >= 11 is 5.06. The zero-order valence-corrected chi connectivity index (χ0v) is 12.0. The minimum absolute atomic E-state index is 0.0745. The van der Waals surface area contributed by atoms with Gasteiger partial charge in [-0.2, -0.15) is 0 Å². The maximum Gasteiger partial charge on any atom is 0.246 e. The number of nitrogens with two attached hydrogens (primary N) is 2. The molecule has 5 nitrogen and oxygen atoms in total. The van der Waals surface area contributed by atoms with E-state index in [-0.39, 0.29) is 17.0 Å². The molecule has 5 N–H and O–H groups in total. The van der Waals surface area contributed by atoms with E-state index < -0.39 is 5.41 Å². The lowest BCUT2D eigenvalue weighted by molar-refractivity contribution is -0.129. The maximum atomic E-state index is 12.0. The Bertz CT molecular complexity index is 484.